The van der Waals surface area contributed by atoms with Crippen LogP contribution in [0.1, 0.15) is 48.5 Å². The second-order valence-electron chi connectivity index (χ2n) is 4.28. The molecule has 0 spiro atoms. The van der Waals surface area contributed by atoms with E-state index >= 15 is 0 Å². The number of hydrogen-bond acceptors (Lipinski definition) is 2. The molecule has 0 saturated carbocycles. The van der Waals surface area contributed by atoms with Crippen LogP contribution in [0.15, 0.2) is 24.3 Å². The first kappa shape index (κ1) is 13.9. The SMILES string of the molecule is CCC(=O)c1ccc(CCCCCOC)cc1. The van der Waals surface area contributed by atoms with Crippen molar-refractivity contribution in [3.05, 3.63) is 35.4 Å². The molecule has 0 saturated heterocycles. The Morgan fingerprint density at radius 1 is 1.12 bits per heavy atom. The van der Waals surface area contributed by atoms with Crippen molar-refractivity contribution in [3.63, 3.8) is 0 Å². The number of Topliss-reactive ketones (excluding diaryl/α,β-unsaturated/α-hetero) is 1. The number of carbonyl (C=O) groups excluding carboxylic acids is 1. The van der Waals surface area contributed by atoms with Crippen LogP contribution in [0.5, 0.6) is 0 Å². The van der Waals surface area contributed by atoms with Gasteiger partial charge in [-0.25, -0.2) is 0 Å². The quantitative estimate of drug-likeness (QED) is 0.507. The Morgan fingerprint density at radius 2 is 1.82 bits per heavy atom. The topological polar surface area (TPSA) is 26.3 Å². The van der Waals surface area contributed by atoms with Crippen molar-refractivity contribution in [3.8, 4) is 0 Å². The maximum absolute atomic E-state index is 11.4. The summed E-state index contributed by atoms with van der Waals surface area (Å²) in [6.45, 7) is 2.75. The van der Waals surface area contributed by atoms with Crippen LogP contribution in [0.2, 0.25) is 0 Å². The maximum atomic E-state index is 11.4. The zero-order chi connectivity index (χ0) is 12.5. The van der Waals surface area contributed by atoms with E-state index in [9.17, 15) is 4.79 Å². The van der Waals surface area contributed by atoms with Crippen molar-refractivity contribution < 1.29 is 9.53 Å². The highest BCUT2D eigenvalue weighted by Gasteiger charge is 2.02. The van der Waals surface area contributed by atoms with Crippen LogP contribution in [0, 0.1) is 0 Å². The summed E-state index contributed by atoms with van der Waals surface area (Å²) in [5.74, 6) is 0.219. The van der Waals surface area contributed by atoms with E-state index in [4.69, 9.17) is 4.74 Å². The van der Waals surface area contributed by atoms with Crippen LogP contribution in [0.3, 0.4) is 0 Å². The largest absolute Gasteiger partial charge is 0.385 e. The number of carbonyl (C=O) groups is 1. The van der Waals surface area contributed by atoms with E-state index in [1.165, 1.54) is 18.4 Å². The van der Waals surface area contributed by atoms with Crippen LogP contribution in [0.4, 0.5) is 0 Å². The molecule has 0 aliphatic rings. The van der Waals surface area contributed by atoms with Gasteiger partial charge < -0.3 is 4.74 Å². The standard InChI is InChI=1S/C15H22O2/c1-3-15(16)14-10-8-13(9-11-14)7-5-4-6-12-17-2/h8-11H,3-7,12H2,1-2H3. The fraction of sp³-hybridized carbons (Fsp3) is 0.533. The number of ketones is 1. The van der Waals surface area contributed by atoms with E-state index in [-0.39, 0.29) is 5.78 Å². The van der Waals surface area contributed by atoms with Gasteiger partial charge in [-0.3, -0.25) is 4.79 Å². The number of methoxy groups -OCH3 is 1. The molecule has 1 rings (SSSR count). The van der Waals surface area contributed by atoms with Gasteiger partial charge in [-0.1, -0.05) is 37.6 Å². The monoisotopic (exact) mass is 234 g/mol. The van der Waals surface area contributed by atoms with E-state index < -0.39 is 0 Å². The molecule has 0 fully saturated rings. The van der Waals surface area contributed by atoms with Crippen molar-refractivity contribution in [2.24, 2.45) is 0 Å². The highest BCUT2D eigenvalue weighted by atomic mass is 16.5. The van der Waals surface area contributed by atoms with Gasteiger partial charge in [-0.05, 0) is 24.8 Å². The van der Waals surface area contributed by atoms with Crippen LogP contribution in [-0.4, -0.2) is 19.5 Å². The molecule has 94 valence electrons. The average molecular weight is 234 g/mol. The van der Waals surface area contributed by atoms with Crippen molar-refractivity contribution in [2.45, 2.75) is 39.0 Å². The summed E-state index contributed by atoms with van der Waals surface area (Å²) in [6.07, 6.45) is 5.18. The van der Waals surface area contributed by atoms with Gasteiger partial charge in [0.2, 0.25) is 0 Å². The molecule has 0 N–H and O–H groups in total. The lowest BCUT2D eigenvalue weighted by Gasteiger charge is -2.03. The first-order chi connectivity index (χ1) is 8.27. The van der Waals surface area contributed by atoms with Gasteiger partial charge in [0, 0.05) is 25.7 Å². The van der Waals surface area contributed by atoms with Gasteiger partial charge >= 0.3 is 0 Å². The average Bonchev–Trinajstić information content (AvgIpc) is 2.38. The number of aryl methyl sites for hydroxylation is 1. The second-order valence-corrected chi connectivity index (χ2v) is 4.28. The summed E-state index contributed by atoms with van der Waals surface area (Å²) in [6, 6.07) is 8.02. The lowest BCUT2D eigenvalue weighted by atomic mass is 10.0. The Balaban J connectivity index is 2.33. The van der Waals surface area contributed by atoms with E-state index in [1.807, 2.05) is 19.1 Å². The number of unbranched alkanes of at least 4 members (excludes halogenated alkanes) is 2. The number of rotatable bonds is 8. The molecule has 2 nitrogen and oxygen atoms in total. The summed E-state index contributed by atoms with van der Waals surface area (Å²) >= 11 is 0. The summed E-state index contributed by atoms with van der Waals surface area (Å²) in [5, 5.41) is 0. The van der Waals surface area contributed by atoms with E-state index in [1.54, 1.807) is 7.11 Å². The lowest BCUT2D eigenvalue weighted by Crippen LogP contribution is -1.96. The molecule has 2 heteroatoms. The van der Waals surface area contributed by atoms with Gasteiger partial charge in [-0.15, -0.1) is 0 Å². The number of hydrogen-bond donors (Lipinski definition) is 0. The van der Waals surface area contributed by atoms with Crippen LogP contribution < -0.4 is 0 Å². The molecule has 0 heterocycles. The van der Waals surface area contributed by atoms with E-state index in [0.717, 1.165) is 25.0 Å². The molecule has 17 heavy (non-hydrogen) atoms. The molecule has 0 aliphatic heterocycles. The third-order valence-corrected chi connectivity index (χ3v) is 2.91. The molecule has 0 radical (unpaired) electrons. The van der Waals surface area contributed by atoms with Gasteiger partial charge in [0.25, 0.3) is 0 Å². The van der Waals surface area contributed by atoms with Gasteiger partial charge in [0.15, 0.2) is 5.78 Å². The fourth-order valence-electron chi connectivity index (χ4n) is 1.81. The third-order valence-electron chi connectivity index (χ3n) is 2.91. The van der Waals surface area contributed by atoms with Crippen molar-refractivity contribution in [1.29, 1.82) is 0 Å². The smallest absolute Gasteiger partial charge is 0.162 e. The molecule has 0 aliphatic carbocycles. The normalized spacial score (nSPS) is 10.5. The summed E-state index contributed by atoms with van der Waals surface area (Å²) in [4.78, 5) is 11.4. The van der Waals surface area contributed by atoms with E-state index in [2.05, 4.69) is 12.1 Å². The van der Waals surface area contributed by atoms with Crippen LogP contribution in [0.25, 0.3) is 0 Å². The highest BCUT2D eigenvalue weighted by molar-refractivity contribution is 5.95. The third kappa shape index (κ3) is 5.14. The van der Waals surface area contributed by atoms with Crippen LogP contribution >= 0.6 is 0 Å². The summed E-state index contributed by atoms with van der Waals surface area (Å²) < 4.78 is 5.01. The van der Waals surface area contributed by atoms with Gasteiger partial charge in [0.05, 0.1) is 0 Å². The minimum Gasteiger partial charge on any atom is -0.385 e. The Labute approximate surface area is 104 Å². The summed E-state index contributed by atoms with van der Waals surface area (Å²) in [5.41, 5.74) is 2.14. The Morgan fingerprint density at radius 3 is 2.41 bits per heavy atom. The first-order valence-corrected chi connectivity index (χ1v) is 6.39. The molecule has 1 aromatic carbocycles. The Hall–Kier alpha value is -1.15. The second kappa shape index (κ2) is 8.02. The van der Waals surface area contributed by atoms with E-state index in [0.29, 0.717) is 6.42 Å². The van der Waals surface area contributed by atoms with Crippen molar-refractivity contribution in [1.82, 2.24) is 0 Å². The van der Waals surface area contributed by atoms with Crippen molar-refractivity contribution >= 4 is 5.78 Å². The minimum absolute atomic E-state index is 0.219. The number of ether oxygens (including phenoxy) is 1. The fourth-order valence-corrected chi connectivity index (χ4v) is 1.81. The number of benzene rings is 1. The molecule has 0 amide bonds. The van der Waals surface area contributed by atoms with Gasteiger partial charge in [0.1, 0.15) is 0 Å². The molecular weight excluding hydrogens is 212 g/mol. The molecule has 0 bridgehead atoms. The Kier molecular flexibility index (Phi) is 6.56. The molecule has 0 unspecified atom stereocenters. The van der Waals surface area contributed by atoms with Gasteiger partial charge in [-0.2, -0.15) is 0 Å². The predicted octanol–water partition coefficient (Wildman–Crippen LogP) is 3.64. The zero-order valence-electron chi connectivity index (χ0n) is 10.9. The zero-order valence-corrected chi connectivity index (χ0v) is 10.9. The maximum Gasteiger partial charge on any atom is 0.162 e. The molecule has 0 aromatic heterocycles. The first-order valence-electron chi connectivity index (χ1n) is 6.39. The lowest BCUT2D eigenvalue weighted by molar-refractivity contribution is 0.0988. The molecular formula is C15H22O2. The molecule has 0 atom stereocenters. The predicted molar refractivity (Wildman–Crippen MR) is 70.5 cm³/mol. The summed E-state index contributed by atoms with van der Waals surface area (Å²) in [7, 11) is 1.74. The molecule has 1 aromatic rings. The minimum atomic E-state index is 0.219. The highest BCUT2D eigenvalue weighted by Crippen LogP contribution is 2.10. The van der Waals surface area contributed by atoms with Crippen molar-refractivity contribution in [2.75, 3.05) is 13.7 Å². The Bertz CT molecular complexity index is 327. The van der Waals surface area contributed by atoms with Crippen LogP contribution in [-0.2, 0) is 11.2 Å².